The van der Waals surface area contributed by atoms with Crippen LogP contribution < -0.4 is 5.32 Å². The summed E-state index contributed by atoms with van der Waals surface area (Å²) in [4.78, 5) is 48.6. The van der Waals surface area contributed by atoms with Crippen molar-refractivity contribution in [2.24, 2.45) is 0 Å². The summed E-state index contributed by atoms with van der Waals surface area (Å²) >= 11 is 0. The van der Waals surface area contributed by atoms with Crippen LogP contribution in [-0.4, -0.2) is 59.1 Å². The highest BCUT2D eigenvalue weighted by Gasteiger charge is 2.36. The van der Waals surface area contributed by atoms with Crippen LogP contribution in [0.25, 0.3) is 0 Å². The van der Waals surface area contributed by atoms with Gasteiger partial charge >= 0.3 is 18.2 Å². The van der Waals surface area contributed by atoms with Gasteiger partial charge in [0.15, 0.2) is 5.78 Å². The third-order valence-electron chi connectivity index (χ3n) is 4.93. The van der Waals surface area contributed by atoms with Crippen molar-refractivity contribution in [3.63, 3.8) is 0 Å². The van der Waals surface area contributed by atoms with Gasteiger partial charge < -0.3 is 15.2 Å². The van der Waals surface area contributed by atoms with Crippen LogP contribution in [-0.2, 0) is 31.9 Å². The van der Waals surface area contributed by atoms with Crippen molar-refractivity contribution in [2.75, 3.05) is 13.2 Å². The largest absolute Gasteiger partial charge is 0.481 e. The SMILES string of the molecule is O=C(O)CC(NC(=O)[C@@H]1CCCCN1C(=O)OCc1ccccc1C(F)(F)F)C(=O)CF. The summed E-state index contributed by atoms with van der Waals surface area (Å²) in [6.45, 7) is -2.09. The monoisotopic (exact) mass is 462 g/mol. The summed E-state index contributed by atoms with van der Waals surface area (Å²) in [5, 5.41) is 11.0. The van der Waals surface area contributed by atoms with E-state index in [2.05, 4.69) is 5.32 Å². The van der Waals surface area contributed by atoms with Crippen LogP contribution in [0, 0.1) is 0 Å². The Morgan fingerprint density at radius 3 is 2.50 bits per heavy atom. The molecular weight excluding hydrogens is 440 g/mol. The number of piperidine rings is 1. The minimum atomic E-state index is -4.64. The summed E-state index contributed by atoms with van der Waals surface area (Å²) in [6.07, 6.45) is -5.32. The summed E-state index contributed by atoms with van der Waals surface area (Å²) in [5.74, 6) is -3.43. The van der Waals surface area contributed by atoms with Crippen molar-refractivity contribution in [1.29, 1.82) is 0 Å². The second-order valence-corrected chi connectivity index (χ2v) is 7.17. The van der Waals surface area contributed by atoms with Gasteiger partial charge in [0, 0.05) is 12.1 Å². The van der Waals surface area contributed by atoms with E-state index in [1.807, 2.05) is 0 Å². The third-order valence-corrected chi connectivity index (χ3v) is 4.93. The molecule has 1 aliphatic rings. The molecule has 1 fully saturated rings. The van der Waals surface area contributed by atoms with Crippen LogP contribution in [0.4, 0.5) is 22.4 Å². The quantitative estimate of drug-likeness (QED) is 0.575. The molecule has 1 unspecified atom stereocenters. The number of ether oxygens (including phenoxy) is 1. The van der Waals surface area contributed by atoms with E-state index in [0.717, 1.165) is 17.0 Å². The molecule has 32 heavy (non-hydrogen) atoms. The fourth-order valence-electron chi connectivity index (χ4n) is 3.35. The Bertz CT molecular complexity index is 861. The number of carboxylic acid groups (broad SMARTS) is 1. The molecule has 176 valence electrons. The van der Waals surface area contributed by atoms with Gasteiger partial charge in [-0.25, -0.2) is 9.18 Å². The van der Waals surface area contributed by atoms with Gasteiger partial charge in [-0.15, -0.1) is 0 Å². The predicted molar refractivity (Wildman–Crippen MR) is 101 cm³/mol. The molecule has 0 saturated carbocycles. The first kappa shape index (κ1) is 25.1. The fourth-order valence-corrected chi connectivity index (χ4v) is 3.35. The van der Waals surface area contributed by atoms with Gasteiger partial charge in [-0.3, -0.25) is 19.3 Å². The molecule has 0 aliphatic carbocycles. The normalized spacial score (nSPS) is 17.4. The molecule has 2 amide bonds. The van der Waals surface area contributed by atoms with Gasteiger partial charge in [-0.1, -0.05) is 18.2 Å². The molecule has 1 aromatic rings. The number of carbonyl (C=O) groups is 4. The molecule has 2 N–H and O–H groups in total. The smallest absolute Gasteiger partial charge is 0.416 e. The number of hydrogen-bond donors (Lipinski definition) is 2. The maximum absolute atomic E-state index is 13.1. The van der Waals surface area contributed by atoms with E-state index in [-0.39, 0.29) is 18.5 Å². The number of Topliss-reactive ketones (excluding diaryl/α,β-unsaturated/α-hetero) is 1. The van der Waals surface area contributed by atoms with Gasteiger partial charge in [-0.05, 0) is 25.3 Å². The zero-order chi connectivity index (χ0) is 23.9. The van der Waals surface area contributed by atoms with Crippen molar-refractivity contribution in [3.05, 3.63) is 35.4 Å². The number of rotatable bonds is 8. The van der Waals surface area contributed by atoms with E-state index in [9.17, 15) is 36.7 Å². The lowest BCUT2D eigenvalue weighted by atomic mass is 10.0. The van der Waals surface area contributed by atoms with Crippen LogP contribution in [0.1, 0.15) is 36.8 Å². The lowest BCUT2D eigenvalue weighted by Crippen LogP contribution is -2.55. The van der Waals surface area contributed by atoms with E-state index < -0.39 is 67.3 Å². The highest BCUT2D eigenvalue weighted by atomic mass is 19.4. The summed E-state index contributed by atoms with van der Waals surface area (Å²) in [7, 11) is 0. The number of nitrogens with zero attached hydrogens (tertiary/aromatic N) is 1. The van der Waals surface area contributed by atoms with E-state index in [4.69, 9.17) is 9.84 Å². The molecule has 0 bridgehead atoms. The molecule has 2 atom stereocenters. The second kappa shape index (κ2) is 10.9. The zero-order valence-electron chi connectivity index (χ0n) is 16.9. The molecule has 0 aromatic heterocycles. The molecule has 1 aromatic carbocycles. The first-order chi connectivity index (χ1) is 15.0. The number of halogens is 4. The number of alkyl halides is 4. The highest BCUT2D eigenvalue weighted by molar-refractivity contribution is 5.94. The van der Waals surface area contributed by atoms with Gasteiger partial charge in [0.2, 0.25) is 5.91 Å². The first-order valence-corrected chi connectivity index (χ1v) is 9.74. The third kappa shape index (κ3) is 6.66. The Morgan fingerprint density at radius 1 is 1.19 bits per heavy atom. The van der Waals surface area contributed by atoms with Crippen LogP contribution in [0.3, 0.4) is 0 Å². The number of benzene rings is 1. The molecule has 1 aliphatic heterocycles. The maximum Gasteiger partial charge on any atom is 0.416 e. The Labute approximate surface area is 180 Å². The van der Waals surface area contributed by atoms with E-state index in [0.29, 0.717) is 12.8 Å². The van der Waals surface area contributed by atoms with E-state index in [1.54, 1.807) is 0 Å². The van der Waals surface area contributed by atoms with Crippen LogP contribution >= 0.6 is 0 Å². The zero-order valence-corrected chi connectivity index (χ0v) is 16.9. The standard InChI is InChI=1S/C20H22F4N2O6/c21-10-16(27)14(9-17(28)29)25-18(30)15-7-3-4-8-26(15)19(31)32-11-12-5-1-2-6-13(12)20(22,23)24/h1-2,5-6,14-15H,3-4,7-11H2,(H,25,30)(H,28,29)/t14?,15-/m0/s1. The minimum Gasteiger partial charge on any atom is -0.481 e. The van der Waals surface area contributed by atoms with Gasteiger partial charge in [-0.2, -0.15) is 13.2 Å². The maximum atomic E-state index is 13.1. The molecule has 12 heteroatoms. The molecule has 0 radical (unpaired) electrons. The van der Waals surface area contributed by atoms with Crippen molar-refractivity contribution in [3.8, 4) is 0 Å². The number of nitrogens with one attached hydrogen (secondary N) is 1. The number of carbonyl (C=O) groups excluding carboxylic acids is 3. The molecule has 8 nitrogen and oxygen atoms in total. The van der Waals surface area contributed by atoms with Crippen molar-refractivity contribution < 1.29 is 46.6 Å². The van der Waals surface area contributed by atoms with Crippen molar-refractivity contribution in [2.45, 2.75) is 50.6 Å². The molecule has 0 spiro atoms. The Hall–Kier alpha value is -3.18. The van der Waals surface area contributed by atoms with Gasteiger partial charge in [0.1, 0.15) is 25.4 Å². The van der Waals surface area contributed by atoms with Crippen LogP contribution in [0.15, 0.2) is 24.3 Å². The number of aliphatic carboxylic acids is 1. The first-order valence-electron chi connectivity index (χ1n) is 9.74. The summed E-state index contributed by atoms with van der Waals surface area (Å²) < 4.78 is 57.0. The van der Waals surface area contributed by atoms with Gasteiger partial charge in [0.25, 0.3) is 0 Å². The Balaban J connectivity index is 2.09. The number of amides is 2. The topological polar surface area (TPSA) is 113 Å². The minimum absolute atomic E-state index is 0.0679. The Morgan fingerprint density at radius 2 is 1.88 bits per heavy atom. The lowest BCUT2D eigenvalue weighted by Gasteiger charge is -2.34. The highest BCUT2D eigenvalue weighted by Crippen LogP contribution is 2.32. The van der Waals surface area contributed by atoms with Crippen molar-refractivity contribution in [1.82, 2.24) is 10.2 Å². The van der Waals surface area contributed by atoms with Crippen LogP contribution in [0.5, 0.6) is 0 Å². The Kier molecular flexibility index (Phi) is 8.56. The lowest BCUT2D eigenvalue weighted by molar-refractivity contribution is -0.141. The summed E-state index contributed by atoms with van der Waals surface area (Å²) in [6, 6.07) is 1.83. The second-order valence-electron chi connectivity index (χ2n) is 7.17. The molecule has 1 saturated heterocycles. The summed E-state index contributed by atoms with van der Waals surface area (Å²) in [5.41, 5.74) is -1.22. The fraction of sp³-hybridized carbons (Fsp3) is 0.500. The van der Waals surface area contributed by atoms with Crippen molar-refractivity contribution >= 4 is 23.8 Å². The number of likely N-dealkylation sites (tertiary alicyclic amines) is 1. The predicted octanol–water partition coefficient (Wildman–Crippen LogP) is 2.69. The average molecular weight is 462 g/mol. The number of ketones is 1. The van der Waals surface area contributed by atoms with E-state index >= 15 is 0 Å². The number of carboxylic acids is 1. The molecule has 2 rings (SSSR count). The molecule has 1 heterocycles. The van der Waals surface area contributed by atoms with Gasteiger partial charge in [0.05, 0.1) is 12.0 Å². The number of hydrogen-bond acceptors (Lipinski definition) is 5. The van der Waals surface area contributed by atoms with E-state index in [1.165, 1.54) is 12.1 Å². The average Bonchev–Trinajstić information content (AvgIpc) is 2.75. The molecular formula is C20H22F4N2O6. The van der Waals surface area contributed by atoms with Crippen LogP contribution in [0.2, 0.25) is 0 Å².